The number of aryl methyl sites for hydroxylation is 2. The Bertz CT molecular complexity index is 832. The molecule has 0 aliphatic rings. The van der Waals surface area contributed by atoms with Crippen LogP contribution in [0.4, 0.5) is 0 Å². The molecule has 0 atom stereocenters. The van der Waals surface area contributed by atoms with Crippen LogP contribution < -0.4 is 4.57 Å². The van der Waals surface area contributed by atoms with E-state index in [1.165, 1.54) is 15.8 Å². The molecule has 0 aliphatic heterocycles. The molecule has 0 aliphatic carbocycles. The summed E-state index contributed by atoms with van der Waals surface area (Å²) in [6.07, 6.45) is 3.64. The fourth-order valence-corrected chi connectivity index (χ4v) is 3.57. The van der Waals surface area contributed by atoms with Crippen LogP contribution in [0.3, 0.4) is 0 Å². The molecule has 0 saturated heterocycles. The Hall–Kier alpha value is -2.01. The van der Waals surface area contributed by atoms with Crippen LogP contribution in [0.2, 0.25) is 0 Å². The molecular weight excluding hydrogens is 244 g/mol. The summed E-state index contributed by atoms with van der Waals surface area (Å²) in [7, 11) is 2.01. The molecule has 0 amide bonds. The smallest absolute Gasteiger partial charge is 0.237 e. The maximum absolute atomic E-state index is 4.65. The normalized spacial score (nSPS) is 11.9. The van der Waals surface area contributed by atoms with Gasteiger partial charge in [0.05, 0.1) is 11.7 Å². The highest BCUT2D eigenvalue weighted by molar-refractivity contribution is 7.23. The van der Waals surface area contributed by atoms with E-state index >= 15 is 0 Å². The summed E-state index contributed by atoms with van der Waals surface area (Å²) in [5.74, 6) is 0. The standard InChI is InChI=1S/C13H11N4S/c1-8-4-3-5-10-11(8)17-12-9(15-13(17)18-10)6-14-7-16(12)2/h3-7H,1-2H3/q+1. The van der Waals surface area contributed by atoms with Gasteiger partial charge in [-0.2, -0.15) is 9.38 Å². The summed E-state index contributed by atoms with van der Waals surface area (Å²) in [4.78, 5) is 9.86. The van der Waals surface area contributed by atoms with Gasteiger partial charge in [-0.3, -0.25) is 0 Å². The number of benzene rings is 1. The zero-order valence-electron chi connectivity index (χ0n) is 10.1. The van der Waals surface area contributed by atoms with Gasteiger partial charge in [0.15, 0.2) is 5.52 Å². The van der Waals surface area contributed by atoms with Gasteiger partial charge in [-0.1, -0.05) is 23.5 Å². The quantitative estimate of drug-likeness (QED) is 0.452. The highest BCUT2D eigenvalue weighted by Gasteiger charge is 2.19. The lowest BCUT2D eigenvalue weighted by molar-refractivity contribution is -0.650. The number of hydrogen-bond donors (Lipinski definition) is 0. The van der Waals surface area contributed by atoms with E-state index in [-0.39, 0.29) is 0 Å². The molecule has 0 unspecified atom stereocenters. The molecule has 3 heterocycles. The minimum atomic E-state index is 0.941. The first-order valence-electron chi connectivity index (χ1n) is 5.75. The predicted molar refractivity (Wildman–Crippen MR) is 71.8 cm³/mol. The van der Waals surface area contributed by atoms with Gasteiger partial charge in [-0.15, -0.1) is 4.98 Å². The van der Waals surface area contributed by atoms with E-state index in [1.54, 1.807) is 11.3 Å². The van der Waals surface area contributed by atoms with E-state index in [1.807, 2.05) is 24.1 Å². The molecule has 88 valence electrons. The average molecular weight is 255 g/mol. The summed E-state index contributed by atoms with van der Waals surface area (Å²) >= 11 is 1.72. The summed E-state index contributed by atoms with van der Waals surface area (Å²) in [6.45, 7) is 2.14. The van der Waals surface area contributed by atoms with Gasteiger partial charge in [0, 0.05) is 0 Å². The van der Waals surface area contributed by atoms with E-state index in [0.717, 1.165) is 16.1 Å². The third-order valence-corrected chi connectivity index (χ3v) is 4.25. The van der Waals surface area contributed by atoms with Crippen LogP contribution in [-0.2, 0) is 7.05 Å². The van der Waals surface area contributed by atoms with Crippen molar-refractivity contribution in [2.45, 2.75) is 6.92 Å². The molecular formula is C13H11N4S+. The van der Waals surface area contributed by atoms with Crippen LogP contribution >= 0.6 is 11.3 Å². The lowest BCUT2D eigenvalue weighted by Gasteiger charge is -1.96. The van der Waals surface area contributed by atoms with Crippen molar-refractivity contribution in [2.24, 2.45) is 7.05 Å². The summed E-state index contributed by atoms with van der Waals surface area (Å²) < 4.78 is 5.52. The SMILES string of the molecule is Cc1cccc2sc3nc4cnc[n+](C)c4n3c12. The highest BCUT2D eigenvalue weighted by Crippen LogP contribution is 2.30. The van der Waals surface area contributed by atoms with E-state index in [9.17, 15) is 0 Å². The van der Waals surface area contributed by atoms with Crippen LogP contribution in [0.1, 0.15) is 5.56 Å². The molecule has 4 aromatic rings. The van der Waals surface area contributed by atoms with Gasteiger partial charge in [-0.25, -0.2) is 4.57 Å². The molecule has 0 N–H and O–H groups in total. The fraction of sp³-hybridized carbons (Fsp3) is 0.154. The minimum absolute atomic E-state index is 0.941. The zero-order valence-corrected chi connectivity index (χ0v) is 10.9. The lowest BCUT2D eigenvalue weighted by Crippen LogP contribution is -2.30. The molecule has 18 heavy (non-hydrogen) atoms. The summed E-state index contributed by atoms with van der Waals surface area (Å²) in [5, 5.41) is 0. The number of fused-ring (bicyclic) bond motifs is 5. The molecule has 0 fully saturated rings. The monoisotopic (exact) mass is 255 g/mol. The van der Waals surface area contributed by atoms with E-state index in [0.29, 0.717) is 0 Å². The number of rotatable bonds is 0. The Morgan fingerprint density at radius 2 is 2.22 bits per heavy atom. The number of para-hydroxylation sites is 1. The Labute approximate surface area is 107 Å². The zero-order chi connectivity index (χ0) is 12.3. The van der Waals surface area contributed by atoms with Crippen LogP contribution in [0, 0.1) is 6.92 Å². The Kier molecular flexibility index (Phi) is 1.81. The van der Waals surface area contributed by atoms with Gasteiger partial charge in [0.1, 0.15) is 11.7 Å². The van der Waals surface area contributed by atoms with Crippen molar-refractivity contribution in [1.29, 1.82) is 0 Å². The average Bonchev–Trinajstić information content (AvgIpc) is 2.84. The van der Waals surface area contributed by atoms with Crippen molar-refractivity contribution in [3.63, 3.8) is 0 Å². The van der Waals surface area contributed by atoms with E-state index in [4.69, 9.17) is 0 Å². The molecule has 0 saturated carbocycles. The number of thiazole rings is 1. The Balaban J connectivity index is 2.40. The van der Waals surface area contributed by atoms with Crippen molar-refractivity contribution in [2.75, 3.05) is 0 Å². The van der Waals surface area contributed by atoms with Gasteiger partial charge < -0.3 is 0 Å². The molecule has 4 nitrogen and oxygen atoms in total. The van der Waals surface area contributed by atoms with Crippen LogP contribution in [0.15, 0.2) is 30.7 Å². The Morgan fingerprint density at radius 3 is 3.11 bits per heavy atom. The maximum atomic E-state index is 4.65. The molecule has 1 aromatic carbocycles. The summed E-state index contributed by atoms with van der Waals surface area (Å²) in [5.41, 5.74) is 4.56. The second-order valence-electron chi connectivity index (χ2n) is 4.47. The molecule has 0 bridgehead atoms. The minimum Gasteiger partial charge on any atom is -0.237 e. The van der Waals surface area contributed by atoms with Gasteiger partial charge >= 0.3 is 0 Å². The van der Waals surface area contributed by atoms with Crippen molar-refractivity contribution in [3.05, 3.63) is 36.3 Å². The lowest BCUT2D eigenvalue weighted by atomic mass is 10.2. The molecule has 3 aromatic heterocycles. The summed E-state index contributed by atoms with van der Waals surface area (Å²) in [6, 6.07) is 6.38. The third-order valence-electron chi connectivity index (χ3n) is 3.24. The van der Waals surface area contributed by atoms with Crippen LogP contribution in [0.5, 0.6) is 0 Å². The molecule has 0 radical (unpaired) electrons. The first-order valence-corrected chi connectivity index (χ1v) is 6.57. The first kappa shape index (κ1) is 9.96. The second kappa shape index (κ2) is 3.26. The van der Waals surface area contributed by atoms with Gasteiger partial charge in [0.2, 0.25) is 6.33 Å². The number of aromatic nitrogens is 4. The van der Waals surface area contributed by atoms with Crippen LogP contribution in [-0.4, -0.2) is 14.4 Å². The predicted octanol–water partition coefficient (Wildman–Crippen LogP) is 2.23. The number of imidazole rings is 1. The van der Waals surface area contributed by atoms with E-state index in [2.05, 4.69) is 39.5 Å². The van der Waals surface area contributed by atoms with Gasteiger partial charge in [-0.05, 0) is 18.6 Å². The highest BCUT2D eigenvalue weighted by atomic mass is 32.1. The molecule has 4 rings (SSSR count). The first-order chi connectivity index (χ1) is 8.75. The van der Waals surface area contributed by atoms with Crippen molar-refractivity contribution >= 4 is 37.7 Å². The third kappa shape index (κ3) is 1.12. The second-order valence-corrected chi connectivity index (χ2v) is 5.48. The number of hydrogen-bond acceptors (Lipinski definition) is 3. The molecule has 0 spiro atoms. The topological polar surface area (TPSA) is 34.1 Å². The largest absolute Gasteiger partial charge is 0.264 e. The van der Waals surface area contributed by atoms with Crippen molar-refractivity contribution in [1.82, 2.24) is 14.4 Å². The van der Waals surface area contributed by atoms with Crippen molar-refractivity contribution in [3.8, 4) is 0 Å². The fourth-order valence-electron chi connectivity index (χ4n) is 2.46. The number of nitrogens with zero attached hydrogens (tertiary/aromatic N) is 4. The van der Waals surface area contributed by atoms with Gasteiger partial charge in [0.25, 0.3) is 10.6 Å². The maximum Gasteiger partial charge on any atom is 0.264 e. The van der Waals surface area contributed by atoms with Crippen molar-refractivity contribution < 1.29 is 4.57 Å². The Morgan fingerprint density at radius 1 is 1.33 bits per heavy atom. The molecule has 5 heteroatoms. The van der Waals surface area contributed by atoms with Crippen LogP contribution in [0.25, 0.3) is 26.3 Å². The van der Waals surface area contributed by atoms with E-state index < -0.39 is 0 Å².